The molecule has 1 heterocycles. The third-order valence-corrected chi connectivity index (χ3v) is 3.67. The van der Waals surface area contributed by atoms with Crippen molar-refractivity contribution in [3.05, 3.63) is 53.6 Å². The van der Waals surface area contributed by atoms with Gasteiger partial charge in [0.25, 0.3) is 11.8 Å². The van der Waals surface area contributed by atoms with Gasteiger partial charge in [0.15, 0.2) is 6.61 Å². The number of carbonyl (C=O) groups excluding carboxylic acids is 3. The van der Waals surface area contributed by atoms with E-state index < -0.39 is 5.97 Å². The smallest absolute Gasteiger partial charge is 0.338 e. The van der Waals surface area contributed by atoms with Gasteiger partial charge in [0, 0.05) is 11.3 Å². The summed E-state index contributed by atoms with van der Waals surface area (Å²) in [5, 5.41) is 5.38. The van der Waals surface area contributed by atoms with Crippen LogP contribution >= 0.6 is 0 Å². The molecule has 2 aromatic rings. The summed E-state index contributed by atoms with van der Waals surface area (Å²) in [5.41, 5.74) is 1.64. The Kier molecular flexibility index (Phi) is 5.17. The lowest BCUT2D eigenvalue weighted by molar-refractivity contribution is -0.118. The van der Waals surface area contributed by atoms with Crippen LogP contribution < -0.4 is 15.4 Å². The summed E-state index contributed by atoms with van der Waals surface area (Å²) >= 11 is 0. The highest BCUT2D eigenvalue weighted by molar-refractivity contribution is 6.06. The molecule has 0 saturated carbocycles. The van der Waals surface area contributed by atoms with Crippen molar-refractivity contribution in [3.8, 4) is 5.75 Å². The van der Waals surface area contributed by atoms with E-state index in [-0.39, 0.29) is 18.4 Å². The van der Waals surface area contributed by atoms with Gasteiger partial charge < -0.3 is 20.1 Å². The Morgan fingerprint density at radius 1 is 1.19 bits per heavy atom. The van der Waals surface area contributed by atoms with Crippen molar-refractivity contribution in [1.29, 1.82) is 0 Å². The van der Waals surface area contributed by atoms with E-state index in [4.69, 9.17) is 9.47 Å². The Balaban J connectivity index is 1.73. The van der Waals surface area contributed by atoms with Crippen LogP contribution in [0.3, 0.4) is 0 Å². The maximum Gasteiger partial charge on any atom is 0.338 e. The van der Waals surface area contributed by atoms with Crippen molar-refractivity contribution in [2.45, 2.75) is 13.3 Å². The van der Waals surface area contributed by atoms with E-state index in [1.54, 1.807) is 42.5 Å². The standard InChI is InChI=1S/C19H18N2O5/c1-2-8-25-19(24)13-4-3-5-14(9-13)20-18(23)12-6-7-16-15(10-12)21-17(22)11-26-16/h3-7,9-10H,2,8,11H2,1H3,(H,20,23)(H,21,22). The molecule has 2 N–H and O–H groups in total. The molecular weight excluding hydrogens is 336 g/mol. The lowest BCUT2D eigenvalue weighted by atomic mass is 10.1. The molecule has 1 aliphatic heterocycles. The summed E-state index contributed by atoms with van der Waals surface area (Å²) in [6.07, 6.45) is 0.737. The Bertz CT molecular complexity index is 863. The van der Waals surface area contributed by atoms with Crippen molar-refractivity contribution in [2.75, 3.05) is 23.8 Å². The van der Waals surface area contributed by atoms with Crippen LogP contribution in [0, 0.1) is 0 Å². The van der Waals surface area contributed by atoms with E-state index in [2.05, 4.69) is 10.6 Å². The highest BCUT2D eigenvalue weighted by atomic mass is 16.5. The van der Waals surface area contributed by atoms with E-state index in [0.29, 0.717) is 34.9 Å². The minimum Gasteiger partial charge on any atom is -0.482 e. The summed E-state index contributed by atoms with van der Waals surface area (Å²) in [5.74, 6) is -0.557. The number of fused-ring (bicyclic) bond motifs is 1. The van der Waals surface area contributed by atoms with E-state index in [0.717, 1.165) is 6.42 Å². The number of amides is 2. The molecule has 26 heavy (non-hydrogen) atoms. The van der Waals surface area contributed by atoms with E-state index in [1.807, 2.05) is 6.92 Å². The molecule has 7 heteroatoms. The average molecular weight is 354 g/mol. The molecule has 2 aromatic carbocycles. The monoisotopic (exact) mass is 354 g/mol. The first kappa shape index (κ1) is 17.5. The predicted octanol–water partition coefficient (Wildman–Crippen LogP) is 2.84. The number of hydrogen-bond donors (Lipinski definition) is 2. The van der Waals surface area contributed by atoms with Crippen LogP contribution in [0.5, 0.6) is 5.75 Å². The first-order valence-electron chi connectivity index (χ1n) is 8.22. The third-order valence-electron chi connectivity index (χ3n) is 3.67. The van der Waals surface area contributed by atoms with Crippen molar-refractivity contribution < 1.29 is 23.9 Å². The summed E-state index contributed by atoms with van der Waals surface area (Å²) in [7, 11) is 0. The fraction of sp³-hybridized carbons (Fsp3) is 0.211. The van der Waals surface area contributed by atoms with Crippen LogP contribution in [0.25, 0.3) is 0 Å². The van der Waals surface area contributed by atoms with Gasteiger partial charge in [-0.15, -0.1) is 0 Å². The summed E-state index contributed by atoms with van der Waals surface area (Å²) in [6, 6.07) is 11.3. The molecule has 0 aliphatic carbocycles. The Labute approximate surface area is 150 Å². The highest BCUT2D eigenvalue weighted by Crippen LogP contribution is 2.28. The van der Waals surface area contributed by atoms with Crippen LogP contribution in [0.15, 0.2) is 42.5 Å². The van der Waals surface area contributed by atoms with Gasteiger partial charge in [-0.05, 0) is 42.8 Å². The lowest BCUT2D eigenvalue weighted by Crippen LogP contribution is -2.25. The molecule has 1 aliphatic rings. The molecule has 0 saturated heterocycles. The van der Waals surface area contributed by atoms with Crippen LogP contribution in [0.1, 0.15) is 34.1 Å². The van der Waals surface area contributed by atoms with Gasteiger partial charge in [0.1, 0.15) is 5.75 Å². The number of carbonyl (C=O) groups is 3. The molecule has 3 rings (SSSR count). The number of rotatable bonds is 5. The molecule has 0 bridgehead atoms. The van der Waals surface area contributed by atoms with Crippen molar-refractivity contribution >= 4 is 29.2 Å². The molecule has 0 unspecified atom stereocenters. The van der Waals surface area contributed by atoms with Crippen LogP contribution in [-0.4, -0.2) is 31.0 Å². The van der Waals surface area contributed by atoms with E-state index in [1.165, 1.54) is 0 Å². The zero-order valence-corrected chi connectivity index (χ0v) is 14.2. The molecule has 0 radical (unpaired) electrons. The fourth-order valence-corrected chi connectivity index (χ4v) is 2.43. The average Bonchev–Trinajstić information content (AvgIpc) is 2.65. The molecular formula is C19H18N2O5. The maximum absolute atomic E-state index is 12.5. The van der Waals surface area contributed by atoms with Gasteiger partial charge in [-0.2, -0.15) is 0 Å². The second kappa shape index (κ2) is 7.69. The first-order valence-corrected chi connectivity index (χ1v) is 8.22. The molecule has 0 fully saturated rings. The summed E-state index contributed by atoms with van der Waals surface area (Å²) in [4.78, 5) is 35.8. The fourth-order valence-electron chi connectivity index (χ4n) is 2.43. The lowest BCUT2D eigenvalue weighted by Gasteiger charge is -2.18. The zero-order valence-electron chi connectivity index (χ0n) is 14.2. The van der Waals surface area contributed by atoms with Gasteiger partial charge in [0.2, 0.25) is 0 Å². The van der Waals surface area contributed by atoms with Crippen molar-refractivity contribution in [3.63, 3.8) is 0 Å². The number of hydrogen-bond acceptors (Lipinski definition) is 5. The Morgan fingerprint density at radius 2 is 2.04 bits per heavy atom. The minimum absolute atomic E-state index is 0.0422. The SMILES string of the molecule is CCCOC(=O)c1cccc(NC(=O)c2ccc3c(c2)NC(=O)CO3)c1. The molecule has 134 valence electrons. The second-order valence-electron chi connectivity index (χ2n) is 5.72. The van der Waals surface area contributed by atoms with Gasteiger partial charge in [0.05, 0.1) is 17.9 Å². The van der Waals surface area contributed by atoms with Crippen LogP contribution in [0.4, 0.5) is 11.4 Å². The van der Waals surface area contributed by atoms with E-state index >= 15 is 0 Å². The highest BCUT2D eigenvalue weighted by Gasteiger charge is 2.18. The number of anilines is 2. The summed E-state index contributed by atoms with van der Waals surface area (Å²) in [6.45, 7) is 2.22. The number of esters is 1. The van der Waals surface area contributed by atoms with Crippen LogP contribution in [0.2, 0.25) is 0 Å². The Hall–Kier alpha value is -3.35. The topological polar surface area (TPSA) is 93.7 Å². The van der Waals surface area contributed by atoms with Gasteiger partial charge in [-0.1, -0.05) is 13.0 Å². The molecule has 2 amide bonds. The molecule has 0 aromatic heterocycles. The van der Waals surface area contributed by atoms with Gasteiger partial charge >= 0.3 is 5.97 Å². The van der Waals surface area contributed by atoms with Gasteiger partial charge in [-0.25, -0.2) is 4.79 Å². The summed E-state index contributed by atoms with van der Waals surface area (Å²) < 4.78 is 10.4. The molecule has 0 spiro atoms. The number of ether oxygens (including phenoxy) is 2. The van der Waals surface area contributed by atoms with Crippen molar-refractivity contribution in [1.82, 2.24) is 0 Å². The Morgan fingerprint density at radius 3 is 2.85 bits per heavy atom. The zero-order chi connectivity index (χ0) is 18.5. The third kappa shape index (κ3) is 4.00. The predicted molar refractivity (Wildman–Crippen MR) is 95.5 cm³/mol. The van der Waals surface area contributed by atoms with E-state index in [9.17, 15) is 14.4 Å². The van der Waals surface area contributed by atoms with Crippen molar-refractivity contribution in [2.24, 2.45) is 0 Å². The van der Waals surface area contributed by atoms with Gasteiger partial charge in [-0.3, -0.25) is 9.59 Å². The second-order valence-corrected chi connectivity index (χ2v) is 5.72. The number of nitrogens with one attached hydrogen (secondary N) is 2. The minimum atomic E-state index is -0.434. The number of benzene rings is 2. The normalized spacial score (nSPS) is 12.4. The maximum atomic E-state index is 12.5. The molecule has 7 nitrogen and oxygen atoms in total. The van der Waals surface area contributed by atoms with Crippen LogP contribution in [-0.2, 0) is 9.53 Å². The molecule has 0 atom stereocenters. The quantitative estimate of drug-likeness (QED) is 0.805. The first-order chi connectivity index (χ1) is 12.6. The largest absolute Gasteiger partial charge is 0.482 e.